The maximum Gasteiger partial charge on any atom is 0.0542 e. The van der Waals surface area contributed by atoms with E-state index >= 15 is 0 Å². The first kappa shape index (κ1) is 12.2. The Morgan fingerprint density at radius 1 is 1.35 bits per heavy atom. The normalized spacial score (nSPS) is 10.7. The minimum absolute atomic E-state index is 0.497. The lowest BCUT2D eigenvalue weighted by Gasteiger charge is -2.05. The van der Waals surface area contributed by atoms with E-state index in [1.54, 1.807) is 11.3 Å². The topological polar surface area (TPSA) is 50.9 Å². The van der Waals surface area contributed by atoms with Gasteiger partial charge < -0.3 is 11.1 Å². The van der Waals surface area contributed by atoms with E-state index in [9.17, 15) is 0 Å². The molecule has 2 aromatic heterocycles. The van der Waals surface area contributed by atoms with E-state index in [1.165, 1.54) is 16.7 Å². The van der Waals surface area contributed by atoms with Crippen LogP contribution in [0.15, 0.2) is 29.1 Å². The van der Waals surface area contributed by atoms with Gasteiger partial charge in [-0.1, -0.05) is 0 Å². The predicted molar refractivity (Wildman–Crippen MR) is 71.7 cm³/mol. The lowest BCUT2D eigenvalue weighted by Crippen LogP contribution is -2.13. The summed E-state index contributed by atoms with van der Waals surface area (Å²) in [7, 11) is 0. The van der Waals surface area contributed by atoms with Gasteiger partial charge in [-0.3, -0.25) is 4.98 Å². The molecule has 3 nitrogen and oxygen atoms in total. The molecule has 0 aromatic carbocycles. The number of nitrogens with one attached hydrogen (secondary N) is 1. The van der Waals surface area contributed by atoms with Gasteiger partial charge in [-0.05, 0) is 46.5 Å². The Labute approximate surface area is 106 Å². The first-order valence-corrected chi connectivity index (χ1v) is 6.60. The average Bonchev–Trinajstić information content (AvgIpc) is 2.76. The average molecular weight is 247 g/mol. The maximum absolute atomic E-state index is 5.56. The zero-order chi connectivity index (χ0) is 12.1. The molecule has 0 saturated carbocycles. The first-order valence-electron chi connectivity index (χ1n) is 5.66. The van der Waals surface area contributed by atoms with Crippen LogP contribution in [0.2, 0.25) is 0 Å². The molecule has 0 atom stereocenters. The van der Waals surface area contributed by atoms with Crippen molar-refractivity contribution < 1.29 is 0 Å². The standard InChI is InChI=1S/C13H17N3S/c1-10-8-17-9-12(10)7-15-6-11-2-3-16-13(4-11)5-14/h2-4,8-9,15H,5-7,14H2,1H3. The van der Waals surface area contributed by atoms with Crippen LogP contribution in [-0.2, 0) is 19.6 Å². The monoisotopic (exact) mass is 247 g/mol. The maximum atomic E-state index is 5.56. The number of rotatable bonds is 5. The largest absolute Gasteiger partial charge is 0.325 e. The molecule has 2 heterocycles. The highest BCUT2D eigenvalue weighted by Gasteiger charge is 1.99. The summed E-state index contributed by atoms with van der Waals surface area (Å²) in [6.07, 6.45) is 1.81. The van der Waals surface area contributed by atoms with Gasteiger partial charge in [0.15, 0.2) is 0 Å². The lowest BCUT2D eigenvalue weighted by atomic mass is 10.2. The zero-order valence-electron chi connectivity index (χ0n) is 9.94. The highest BCUT2D eigenvalue weighted by molar-refractivity contribution is 7.08. The third-order valence-corrected chi connectivity index (χ3v) is 3.61. The quantitative estimate of drug-likeness (QED) is 0.851. The summed E-state index contributed by atoms with van der Waals surface area (Å²) in [6, 6.07) is 4.07. The lowest BCUT2D eigenvalue weighted by molar-refractivity contribution is 0.690. The van der Waals surface area contributed by atoms with Crippen molar-refractivity contribution in [2.45, 2.75) is 26.6 Å². The molecule has 2 rings (SSSR count). The minimum Gasteiger partial charge on any atom is -0.325 e. The zero-order valence-corrected chi connectivity index (χ0v) is 10.8. The molecule has 0 bridgehead atoms. The van der Waals surface area contributed by atoms with Crippen LogP contribution in [0.4, 0.5) is 0 Å². The molecular weight excluding hydrogens is 230 g/mol. The van der Waals surface area contributed by atoms with Crippen LogP contribution >= 0.6 is 11.3 Å². The first-order chi connectivity index (χ1) is 8.29. The number of thiophene rings is 1. The van der Waals surface area contributed by atoms with Crippen molar-refractivity contribution in [1.29, 1.82) is 0 Å². The molecule has 0 fully saturated rings. The van der Waals surface area contributed by atoms with Crippen molar-refractivity contribution in [3.63, 3.8) is 0 Å². The molecule has 0 aliphatic heterocycles. The predicted octanol–water partition coefficient (Wildman–Crippen LogP) is 2.20. The molecule has 17 heavy (non-hydrogen) atoms. The number of nitrogens with two attached hydrogens (primary N) is 1. The van der Waals surface area contributed by atoms with E-state index in [1.807, 2.05) is 18.3 Å². The summed E-state index contributed by atoms with van der Waals surface area (Å²) < 4.78 is 0. The molecule has 90 valence electrons. The molecule has 0 radical (unpaired) electrons. The number of aryl methyl sites for hydroxylation is 1. The van der Waals surface area contributed by atoms with Crippen LogP contribution in [-0.4, -0.2) is 4.98 Å². The smallest absolute Gasteiger partial charge is 0.0542 e. The Morgan fingerprint density at radius 3 is 2.94 bits per heavy atom. The minimum atomic E-state index is 0.497. The third-order valence-electron chi connectivity index (χ3n) is 2.70. The van der Waals surface area contributed by atoms with Crippen molar-refractivity contribution in [2.24, 2.45) is 5.73 Å². The Kier molecular flexibility index (Phi) is 4.25. The van der Waals surface area contributed by atoms with Gasteiger partial charge in [-0.25, -0.2) is 0 Å². The fraction of sp³-hybridized carbons (Fsp3) is 0.308. The van der Waals surface area contributed by atoms with Crippen LogP contribution in [0.1, 0.15) is 22.4 Å². The van der Waals surface area contributed by atoms with Crippen LogP contribution in [0, 0.1) is 6.92 Å². The molecule has 4 heteroatoms. The van der Waals surface area contributed by atoms with E-state index in [-0.39, 0.29) is 0 Å². The highest BCUT2D eigenvalue weighted by atomic mass is 32.1. The van der Waals surface area contributed by atoms with Crippen molar-refractivity contribution in [3.05, 3.63) is 51.5 Å². The van der Waals surface area contributed by atoms with Gasteiger partial charge in [0.25, 0.3) is 0 Å². The van der Waals surface area contributed by atoms with Gasteiger partial charge in [0.2, 0.25) is 0 Å². The van der Waals surface area contributed by atoms with Crippen molar-refractivity contribution in [3.8, 4) is 0 Å². The van der Waals surface area contributed by atoms with E-state index < -0.39 is 0 Å². The molecule has 2 aromatic rings. The van der Waals surface area contributed by atoms with Crippen molar-refractivity contribution >= 4 is 11.3 Å². The SMILES string of the molecule is Cc1cscc1CNCc1ccnc(CN)c1. The molecule has 0 saturated heterocycles. The molecular formula is C13H17N3S. The van der Waals surface area contributed by atoms with E-state index in [2.05, 4.69) is 28.0 Å². The second kappa shape index (κ2) is 5.91. The second-order valence-corrected chi connectivity index (χ2v) is 4.79. The number of hydrogen-bond acceptors (Lipinski definition) is 4. The van der Waals surface area contributed by atoms with E-state index in [4.69, 9.17) is 5.73 Å². The Morgan fingerprint density at radius 2 is 2.24 bits per heavy atom. The number of nitrogens with zero attached hydrogens (tertiary/aromatic N) is 1. The highest BCUT2D eigenvalue weighted by Crippen LogP contribution is 2.13. The van der Waals surface area contributed by atoms with Crippen molar-refractivity contribution in [2.75, 3.05) is 0 Å². The van der Waals surface area contributed by atoms with Crippen LogP contribution in [0.5, 0.6) is 0 Å². The summed E-state index contributed by atoms with van der Waals surface area (Å²) >= 11 is 1.75. The van der Waals surface area contributed by atoms with Gasteiger partial charge in [-0.15, -0.1) is 0 Å². The summed E-state index contributed by atoms with van der Waals surface area (Å²) in [5.41, 5.74) is 10.5. The Hall–Kier alpha value is -1.23. The fourth-order valence-electron chi connectivity index (χ4n) is 1.66. The van der Waals surface area contributed by atoms with Gasteiger partial charge in [0.1, 0.15) is 0 Å². The molecule has 0 unspecified atom stereocenters. The van der Waals surface area contributed by atoms with Gasteiger partial charge >= 0.3 is 0 Å². The molecule has 0 aliphatic carbocycles. The number of hydrogen-bond donors (Lipinski definition) is 2. The van der Waals surface area contributed by atoms with Crippen LogP contribution < -0.4 is 11.1 Å². The Balaban J connectivity index is 1.87. The van der Waals surface area contributed by atoms with Crippen molar-refractivity contribution in [1.82, 2.24) is 10.3 Å². The number of aromatic nitrogens is 1. The molecule has 3 N–H and O–H groups in total. The van der Waals surface area contributed by atoms with Gasteiger partial charge in [0.05, 0.1) is 5.69 Å². The van der Waals surface area contributed by atoms with E-state index in [0.717, 1.165) is 18.8 Å². The summed E-state index contributed by atoms with van der Waals surface area (Å²) in [4.78, 5) is 4.18. The molecule has 0 amide bonds. The Bertz CT molecular complexity index is 479. The molecule has 0 aliphatic rings. The van der Waals surface area contributed by atoms with Crippen LogP contribution in [0.25, 0.3) is 0 Å². The summed E-state index contributed by atoms with van der Waals surface area (Å²) in [6.45, 7) is 4.41. The summed E-state index contributed by atoms with van der Waals surface area (Å²) in [5, 5.41) is 7.81. The van der Waals surface area contributed by atoms with Gasteiger partial charge in [-0.2, -0.15) is 11.3 Å². The van der Waals surface area contributed by atoms with Gasteiger partial charge in [0, 0.05) is 25.8 Å². The molecule has 0 spiro atoms. The van der Waals surface area contributed by atoms with E-state index in [0.29, 0.717) is 6.54 Å². The summed E-state index contributed by atoms with van der Waals surface area (Å²) in [5.74, 6) is 0. The fourth-order valence-corrected chi connectivity index (χ4v) is 2.52. The second-order valence-electron chi connectivity index (χ2n) is 4.04. The number of pyridine rings is 1. The van der Waals surface area contributed by atoms with Crippen LogP contribution in [0.3, 0.4) is 0 Å². The third kappa shape index (κ3) is 3.36.